The molecule has 0 aliphatic heterocycles. The maximum absolute atomic E-state index is 11.2. The second-order valence-corrected chi connectivity index (χ2v) is 5.61. The van der Waals surface area contributed by atoms with Crippen LogP contribution in [0.4, 0.5) is 0 Å². The van der Waals surface area contributed by atoms with Gasteiger partial charge in [0, 0.05) is 23.6 Å². The van der Waals surface area contributed by atoms with Crippen LogP contribution in [0.25, 0.3) is 0 Å². The monoisotopic (exact) mass is 265 g/mol. The molecule has 1 N–H and O–H groups in total. The summed E-state index contributed by atoms with van der Waals surface area (Å²) in [5.41, 5.74) is 0. The molecule has 0 aromatic heterocycles. The van der Waals surface area contributed by atoms with Gasteiger partial charge in [-0.15, -0.1) is 11.8 Å². The Morgan fingerprint density at radius 3 is 2.61 bits per heavy atom. The smallest absolute Gasteiger partial charge is 0.217 e. The Balaban J connectivity index is 2.37. The van der Waals surface area contributed by atoms with Crippen molar-refractivity contribution in [2.75, 3.05) is 5.75 Å². The molecule has 0 radical (unpaired) electrons. The number of unbranched alkanes of at least 4 members (excludes halogenated alkanes) is 2. The number of nitrogens with one attached hydrogen (secondary N) is 1. The lowest BCUT2D eigenvalue weighted by Gasteiger charge is -2.17. The summed E-state index contributed by atoms with van der Waals surface area (Å²) < 4.78 is 0. The van der Waals surface area contributed by atoms with Crippen molar-refractivity contribution in [1.29, 1.82) is 0 Å². The highest BCUT2D eigenvalue weighted by molar-refractivity contribution is 7.99. The molecule has 1 amide bonds. The fourth-order valence-electron chi connectivity index (χ4n) is 1.84. The van der Waals surface area contributed by atoms with Crippen molar-refractivity contribution in [2.24, 2.45) is 0 Å². The molecule has 3 heteroatoms. The molecule has 1 aromatic rings. The van der Waals surface area contributed by atoms with Crippen LogP contribution in [0.15, 0.2) is 35.2 Å². The minimum Gasteiger partial charge on any atom is -0.353 e. The molecule has 100 valence electrons. The largest absolute Gasteiger partial charge is 0.353 e. The van der Waals surface area contributed by atoms with Crippen molar-refractivity contribution in [2.45, 2.75) is 50.5 Å². The van der Waals surface area contributed by atoms with Gasteiger partial charge in [0.15, 0.2) is 0 Å². The van der Waals surface area contributed by atoms with Crippen LogP contribution in [-0.2, 0) is 4.79 Å². The van der Waals surface area contributed by atoms with E-state index in [0.29, 0.717) is 6.04 Å². The zero-order valence-electron chi connectivity index (χ0n) is 11.3. The first kappa shape index (κ1) is 15.1. The van der Waals surface area contributed by atoms with E-state index in [4.69, 9.17) is 0 Å². The minimum atomic E-state index is 0.0742. The van der Waals surface area contributed by atoms with Gasteiger partial charge in [0.2, 0.25) is 5.91 Å². The van der Waals surface area contributed by atoms with Gasteiger partial charge in [-0.1, -0.05) is 44.4 Å². The van der Waals surface area contributed by atoms with Crippen LogP contribution in [0.2, 0.25) is 0 Å². The Hall–Kier alpha value is -0.960. The predicted molar refractivity (Wildman–Crippen MR) is 78.9 cm³/mol. The lowest BCUT2D eigenvalue weighted by Crippen LogP contribution is -2.34. The van der Waals surface area contributed by atoms with Crippen LogP contribution >= 0.6 is 11.8 Å². The number of carbonyl (C=O) groups excluding carboxylic acids is 1. The molecule has 0 heterocycles. The predicted octanol–water partition coefficient (Wildman–Crippen LogP) is 3.86. The first-order valence-electron chi connectivity index (χ1n) is 6.67. The van der Waals surface area contributed by atoms with Gasteiger partial charge in [-0.05, 0) is 18.6 Å². The molecule has 1 atom stereocenters. The molecule has 2 nitrogen and oxygen atoms in total. The molecule has 0 bridgehead atoms. The molecule has 0 spiro atoms. The Labute approximate surface area is 115 Å². The summed E-state index contributed by atoms with van der Waals surface area (Å²) in [6.07, 6.45) is 4.73. The maximum Gasteiger partial charge on any atom is 0.217 e. The Morgan fingerprint density at radius 2 is 2.00 bits per heavy atom. The number of benzene rings is 1. The molecule has 1 aromatic carbocycles. The van der Waals surface area contributed by atoms with Crippen molar-refractivity contribution in [3.05, 3.63) is 30.3 Å². The van der Waals surface area contributed by atoms with Crippen molar-refractivity contribution < 1.29 is 4.79 Å². The van der Waals surface area contributed by atoms with E-state index in [1.165, 1.54) is 24.2 Å². The summed E-state index contributed by atoms with van der Waals surface area (Å²) >= 11 is 1.81. The first-order valence-corrected chi connectivity index (χ1v) is 7.66. The summed E-state index contributed by atoms with van der Waals surface area (Å²) in [5, 5.41) is 3.05. The van der Waals surface area contributed by atoms with E-state index in [2.05, 4.69) is 24.4 Å². The summed E-state index contributed by atoms with van der Waals surface area (Å²) in [5.74, 6) is 1.03. The third kappa shape index (κ3) is 6.70. The fraction of sp³-hybridized carbons (Fsp3) is 0.533. The number of hydrogen-bond acceptors (Lipinski definition) is 2. The highest BCUT2D eigenvalue weighted by Gasteiger charge is 2.10. The lowest BCUT2D eigenvalue weighted by atomic mass is 10.1. The molecule has 0 aliphatic carbocycles. The zero-order valence-corrected chi connectivity index (χ0v) is 12.1. The molecule has 0 saturated heterocycles. The second-order valence-electron chi connectivity index (χ2n) is 4.52. The number of thioether (sulfide) groups is 1. The Morgan fingerprint density at radius 1 is 1.28 bits per heavy atom. The minimum absolute atomic E-state index is 0.0742. The van der Waals surface area contributed by atoms with Gasteiger partial charge in [0.05, 0.1) is 0 Å². The van der Waals surface area contributed by atoms with E-state index in [0.717, 1.165) is 12.2 Å². The van der Waals surface area contributed by atoms with Gasteiger partial charge < -0.3 is 5.32 Å². The number of rotatable bonds is 8. The van der Waals surface area contributed by atoms with Crippen molar-refractivity contribution in [1.82, 2.24) is 5.32 Å². The molecule has 0 aliphatic rings. The van der Waals surface area contributed by atoms with Crippen molar-refractivity contribution in [3.8, 4) is 0 Å². The van der Waals surface area contributed by atoms with Crippen LogP contribution in [0.5, 0.6) is 0 Å². The van der Waals surface area contributed by atoms with E-state index in [1.54, 1.807) is 6.92 Å². The van der Waals surface area contributed by atoms with E-state index in [9.17, 15) is 4.79 Å². The number of hydrogen-bond donors (Lipinski definition) is 1. The van der Waals surface area contributed by atoms with Crippen LogP contribution in [0, 0.1) is 0 Å². The van der Waals surface area contributed by atoms with Gasteiger partial charge in [0.1, 0.15) is 0 Å². The van der Waals surface area contributed by atoms with Gasteiger partial charge in [0.25, 0.3) is 0 Å². The van der Waals surface area contributed by atoms with Gasteiger partial charge in [-0.2, -0.15) is 0 Å². The van der Waals surface area contributed by atoms with E-state index >= 15 is 0 Å². The zero-order chi connectivity index (χ0) is 13.2. The molecule has 0 fully saturated rings. The van der Waals surface area contributed by atoms with Gasteiger partial charge in [-0.25, -0.2) is 0 Å². The van der Waals surface area contributed by atoms with Gasteiger partial charge >= 0.3 is 0 Å². The molecular formula is C15H23NOS. The lowest BCUT2D eigenvalue weighted by molar-refractivity contribution is -0.119. The summed E-state index contributed by atoms with van der Waals surface area (Å²) in [7, 11) is 0. The summed E-state index contributed by atoms with van der Waals surface area (Å²) in [6.45, 7) is 3.80. The van der Waals surface area contributed by atoms with E-state index < -0.39 is 0 Å². The van der Waals surface area contributed by atoms with Crippen LogP contribution in [0.3, 0.4) is 0 Å². The van der Waals surface area contributed by atoms with Crippen LogP contribution < -0.4 is 5.32 Å². The highest BCUT2D eigenvalue weighted by Crippen LogP contribution is 2.19. The number of carbonyl (C=O) groups is 1. The van der Waals surface area contributed by atoms with Gasteiger partial charge in [-0.3, -0.25) is 4.79 Å². The molecule has 18 heavy (non-hydrogen) atoms. The second kappa shape index (κ2) is 9.03. The van der Waals surface area contributed by atoms with Crippen molar-refractivity contribution >= 4 is 17.7 Å². The Bertz CT molecular complexity index is 340. The topological polar surface area (TPSA) is 29.1 Å². The average molecular weight is 265 g/mol. The quantitative estimate of drug-likeness (QED) is 0.571. The standard InChI is InChI=1S/C15H23NOS/c1-3-4-6-9-14(16-13(2)17)12-18-15-10-7-5-8-11-15/h5,7-8,10-11,14H,3-4,6,9,12H2,1-2H3,(H,16,17). The fourth-order valence-corrected chi connectivity index (χ4v) is 2.83. The highest BCUT2D eigenvalue weighted by atomic mass is 32.2. The molecular weight excluding hydrogens is 242 g/mol. The third-order valence-corrected chi connectivity index (χ3v) is 3.93. The van der Waals surface area contributed by atoms with Crippen molar-refractivity contribution in [3.63, 3.8) is 0 Å². The normalized spacial score (nSPS) is 12.1. The molecule has 0 saturated carbocycles. The Kier molecular flexibility index (Phi) is 7.58. The van der Waals surface area contributed by atoms with Crippen LogP contribution in [-0.4, -0.2) is 17.7 Å². The third-order valence-electron chi connectivity index (χ3n) is 2.76. The average Bonchev–Trinajstić information content (AvgIpc) is 2.37. The SMILES string of the molecule is CCCCCC(CSc1ccccc1)NC(C)=O. The van der Waals surface area contributed by atoms with E-state index in [1.807, 2.05) is 30.0 Å². The first-order chi connectivity index (χ1) is 8.72. The van der Waals surface area contributed by atoms with E-state index in [-0.39, 0.29) is 5.91 Å². The molecule has 1 rings (SSSR count). The number of amides is 1. The maximum atomic E-state index is 11.2. The van der Waals surface area contributed by atoms with Crippen LogP contribution in [0.1, 0.15) is 39.5 Å². The molecule has 1 unspecified atom stereocenters. The summed E-state index contributed by atoms with van der Waals surface area (Å²) in [6, 6.07) is 10.6. The summed E-state index contributed by atoms with van der Waals surface area (Å²) in [4.78, 5) is 12.4.